The van der Waals surface area contributed by atoms with Crippen molar-refractivity contribution in [1.82, 2.24) is 19.5 Å². The van der Waals surface area contributed by atoms with Gasteiger partial charge in [0.25, 0.3) is 0 Å². The van der Waals surface area contributed by atoms with Crippen LogP contribution in [-0.4, -0.2) is 30.3 Å². The molecule has 1 aromatic heterocycles. The van der Waals surface area contributed by atoms with Crippen LogP contribution in [-0.2, 0) is 16.6 Å². The minimum Gasteiger partial charge on any atom is -0.497 e. The number of nitrogens with one attached hydrogen (secondary N) is 2. The van der Waals surface area contributed by atoms with Crippen molar-refractivity contribution in [3.8, 4) is 22.8 Å². The number of hydrogen-bond donors (Lipinski definition) is 2. The first-order chi connectivity index (χ1) is 15.4. The number of nitrogens with zero attached hydrogens (tertiary/aromatic N) is 2. The molecule has 4 aromatic rings. The van der Waals surface area contributed by atoms with Crippen molar-refractivity contribution in [3.05, 3.63) is 88.2 Å². The van der Waals surface area contributed by atoms with E-state index < -0.39 is 10.0 Å². The van der Waals surface area contributed by atoms with Crippen LogP contribution in [0.3, 0.4) is 0 Å². The van der Waals surface area contributed by atoms with Crippen LogP contribution in [0, 0.1) is 4.77 Å². The largest absolute Gasteiger partial charge is 0.497 e. The molecule has 10 heteroatoms. The maximum absolute atomic E-state index is 12.7. The number of aromatic nitrogens is 3. The Balaban J connectivity index is 1.55. The minimum absolute atomic E-state index is 0.155. The molecule has 0 saturated carbocycles. The Morgan fingerprint density at radius 3 is 2.31 bits per heavy atom. The number of benzene rings is 3. The summed E-state index contributed by atoms with van der Waals surface area (Å²) < 4.78 is 35.3. The smallest absolute Gasteiger partial charge is 0.240 e. The van der Waals surface area contributed by atoms with E-state index in [0.717, 1.165) is 11.3 Å². The SMILES string of the molecule is COc1ccc(CNS(=O)(=O)c2ccc(-c3n[nH]c(=S)n3-c3ccc(Cl)cc3)cc2)cc1. The van der Waals surface area contributed by atoms with Crippen LogP contribution >= 0.6 is 23.8 Å². The van der Waals surface area contributed by atoms with E-state index in [-0.39, 0.29) is 11.4 Å². The fourth-order valence-corrected chi connectivity index (χ4v) is 4.49. The van der Waals surface area contributed by atoms with Crippen LogP contribution in [0.4, 0.5) is 0 Å². The van der Waals surface area contributed by atoms with Gasteiger partial charge in [0, 0.05) is 17.1 Å². The summed E-state index contributed by atoms with van der Waals surface area (Å²) in [4.78, 5) is 0.155. The van der Waals surface area contributed by atoms with Crippen molar-refractivity contribution in [1.29, 1.82) is 0 Å². The lowest BCUT2D eigenvalue weighted by Gasteiger charge is -2.10. The second-order valence-electron chi connectivity index (χ2n) is 6.86. The molecule has 0 amide bonds. The molecule has 4 rings (SSSR count). The van der Waals surface area contributed by atoms with Crippen molar-refractivity contribution >= 4 is 33.8 Å². The number of hydrogen-bond acceptors (Lipinski definition) is 5. The second-order valence-corrected chi connectivity index (χ2v) is 9.45. The van der Waals surface area contributed by atoms with Crippen molar-refractivity contribution < 1.29 is 13.2 Å². The summed E-state index contributed by atoms with van der Waals surface area (Å²) in [5.74, 6) is 1.27. The maximum atomic E-state index is 12.7. The quantitative estimate of drug-likeness (QED) is 0.368. The standard InChI is InChI=1S/C22H19ClN4O3S2/c1-30-19-10-2-15(3-11-19)14-24-32(28,29)20-12-4-16(5-13-20)21-25-26-22(31)27(21)18-8-6-17(23)7-9-18/h2-13,24H,14H2,1H3,(H,26,31). The fraction of sp³-hybridized carbons (Fsp3) is 0.0909. The summed E-state index contributed by atoms with van der Waals surface area (Å²) in [6, 6.07) is 20.8. The van der Waals surface area contributed by atoms with Crippen LogP contribution in [0.5, 0.6) is 5.75 Å². The maximum Gasteiger partial charge on any atom is 0.240 e. The molecule has 0 aliphatic heterocycles. The normalized spacial score (nSPS) is 11.4. The molecule has 0 aliphatic rings. The van der Waals surface area contributed by atoms with Crippen LogP contribution in [0.1, 0.15) is 5.56 Å². The molecule has 0 spiro atoms. The highest BCUT2D eigenvalue weighted by molar-refractivity contribution is 7.89. The molecule has 0 radical (unpaired) electrons. The lowest BCUT2D eigenvalue weighted by molar-refractivity contribution is 0.414. The van der Waals surface area contributed by atoms with Crippen molar-refractivity contribution in [2.75, 3.05) is 7.11 Å². The van der Waals surface area contributed by atoms with Gasteiger partial charge in [0.05, 0.1) is 17.7 Å². The molecule has 0 unspecified atom stereocenters. The zero-order valence-corrected chi connectivity index (χ0v) is 19.3. The van der Waals surface area contributed by atoms with Gasteiger partial charge in [0.1, 0.15) is 5.75 Å². The van der Waals surface area contributed by atoms with Crippen LogP contribution in [0.2, 0.25) is 5.02 Å². The highest BCUT2D eigenvalue weighted by Gasteiger charge is 2.16. The van der Waals surface area contributed by atoms with E-state index in [1.807, 2.05) is 24.3 Å². The van der Waals surface area contributed by atoms with E-state index in [1.54, 1.807) is 48.1 Å². The third-order valence-electron chi connectivity index (χ3n) is 4.81. The zero-order chi connectivity index (χ0) is 22.7. The summed E-state index contributed by atoms with van der Waals surface area (Å²) in [6.45, 7) is 0.170. The van der Waals surface area contributed by atoms with Gasteiger partial charge in [-0.2, -0.15) is 5.10 Å². The summed E-state index contributed by atoms with van der Waals surface area (Å²) in [7, 11) is -2.11. The third kappa shape index (κ3) is 4.76. The fourth-order valence-electron chi connectivity index (χ4n) is 3.11. The Morgan fingerprint density at radius 1 is 1.03 bits per heavy atom. The van der Waals surface area contributed by atoms with E-state index in [4.69, 9.17) is 28.6 Å². The van der Waals surface area contributed by atoms with Crippen LogP contribution in [0.15, 0.2) is 77.7 Å². The van der Waals surface area contributed by atoms with Gasteiger partial charge in [-0.05, 0) is 78.4 Å². The predicted octanol–water partition coefficient (Wildman–Crippen LogP) is 4.74. The topological polar surface area (TPSA) is 89.0 Å². The number of H-pyrrole nitrogens is 1. The first-order valence-electron chi connectivity index (χ1n) is 9.54. The van der Waals surface area contributed by atoms with E-state index in [1.165, 1.54) is 12.1 Å². The molecule has 1 heterocycles. The van der Waals surface area contributed by atoms with Gasteiger partial charge >= 0.3 is 0 Å². The van der Waals surface area contributed by atoms with E-state index >= 15 is 0 Å². The molecule has 0 fully saturated rings. The number of halogens is 1. The van der Waals surface area contributed by atoms with Gasteiger partial charge in [-0.25, -0.2) is 13.1 Å². The predicted molar refractivity (Wildman–Crippen MR) is 126 cm³/mol. The van der Waals surface area contributed by atoms with Crippen LogP contribution in [0.25, 0.3) is 17.1 Å². The average molecular weight is 487 g/mol. The average Bonchev–Trinajstić information content (AvgIpc) is 3.20. The lowest BCUT2D eigenvalue weighted by Crippen LogP contribution is -2.23. The number of aromatic amines is 1. The molecule has 164 valence electrons. The summed E-state index contributed by atoms with van der Waals surface area (Å²) in [6.07, 6.45) is 0. The second kappa shape index (κ2) is 9.25. The lowest BCUT2D eigenvalue weighted by atomic mass is 10.2. The van der Waals surface area contributed by atoms with Gasteiger partial charge in [0.2, 0.25) is 10.0 Å². The number of rotatable bonds is 7. The van der Waals surface area contributed by atoms with Gasteiger partial charge in [-0.15, -0.1) is 0 Å². The minimum atomic E-state index is -3.69. The molecule has 7 nitrogen and oxygen atoms in total. The summed E-state index contributed by atoms with van der Waals surface area (Å²) in [5, 5.41) is 7.70. The molecule has 2 N–H and O–H groups in total. The van der Waals surface area contributed by atoms with Crippen molar-refractivity contribution in [3.63, 3.8) is 0 Å². The van der Waals surface area contributed by atoms with E-state index in [9.17, 15) is 8.42 Å². The molecule has 0 bridgehead atoms. The van der Waals surface area contributed by atoms with Gasteiger partial charge in [-0.1, -0.05) is 23.7 Å². The third-order valence-corrected chi connectivity index (χ3v) is 6.75. The van der Waals surface area contributed by atoms with Crippen molar-refractivity contribution in [2.24, 2.45) is 0 Å². The van der Waals surface area contributed by atoms with Gasteiger partial charge < -0.3 is 4.74 Å². The Labute approximate surface area is 195 Å². The molecule has 0 aliphatic carbocycles. The zero-order valence-electron chi connectivity index (χ0n) is 16.9. The number of ether oxygens (including phenoxy) is 1. The molecule has 0 atom stereocenters. The molecule has 3 aromatic carbocycles. The highest BCUT2D eigenvalue weighted by Crippen LogP contribution is 2.24. The Hall–Kier alpha value is -2.98. The molecular weight excluding hydrogens is 468 g/mol. The highest BCUT2D eigenvalue weighted by atomic mass is 35.5. The molecule has 32 heavy (non-hydrogen) atoms. The monoisotopic (exact) mass is 486 g/mol. The first-order valence-corrected chi connectivity index (χ1v) is 11.8. The number of methoxy groups -OCH3 is 1. The summed E-state index contributed by atoms with van der Waals surface area (Å²) >= 11 is 11.3. The molecule has 0 saturated heterocycles. The van der Waals surface area contributed by atoms with E-state index in [0.29, 0.717) is 26.9 Å². The Kier molecular flexibility index (Phi) is 6.43. The van der Waals surface area contributed by atoms with Gasteiger partial charge in [0.15, 0.2) is 10.6 Å². The van der Waals surface area contributed by atoms with Crippen LogP contribution < -0.4 is 9.46 Å². The molecular formula is C22H19ClN4O3S2. The van der Waals surface area contributed by atoms with E-state index in [2.05, 4.69) is 14.9 Å². The number of sulfonamides is 1. The Morgan fingerprint density at radius 2 is 1.69 bits per heavy atom. The summed E-state index contributed by atoms with van der Waals surface area (Å²) in [5.41, 5.74) is 2.33. The van der Waals surface area contributed by atoms with Crippen molar-refractivity contribution in [2.45, 2.75) is 11.4 Å². The first kappa shape index (κ1) is 22.2. The van der Waals surface area contributed by atoms with Gasteiger partial charge in [-0.3, -0.25) is 9.67 Å². The Bertz CT molecular complexity index is 1380.